The highest BCUT2D eigenvalue weighted by Crippen LogP contribution is 2.26. The molecule has 0 bridgehead atoms. The molecule has 1 N–H and O–H groups in total. The summed E-state index contributed by atoms with van der Waals surface area (Å²) < 4.78 is 7.37. The molecule has 10 nitrogen and oxygen atoms in total. The third-order valence-corrected chi connectivity index (χ3v) is 6.28. The number of rotatable bonds is 5. The van der Waals surface area contributed by atoms with Gasteiger partial charge in [-0.05, 0) is 29.3 Å². The van der Waals surface area contributed by atoms with E-state index in [0.29, 0.717) is 30.8 Å². The van der Waals surface area contributed by atoms with Gasteiger partial charge in [-0.1, -0.05) is 35.5 Å². The lowest BCUT2D eigenvalue weighted by molar-refractivity contribution is 0.152. The molecular weight excluding hydrogens is 444 g/mol. The second kappa shape index (κ2) is 9.22. The monoisotopic (exact) mass is 468 g/mol. The van der Waals surface area contributed by atoms with E-state index >= 15 is 0 Å². The molecule has 1 saturated heterocycles. The predicted molar refractivity (Wildman–Crippen MR) is 133 cm³/mol. The minimum Gasteiger partial charge on any atom is -0.380 e. The molecule has 4 aromatic rings. The quantitative estimate of drug-likeness (QED) is 0.483. The Labute approximate surface area is 200 Å². The molecule has 10 heteroatoms. The zero-order valence-corrected chi connectivity index (χ0v) is 19.1. The fourth-order valence-electron chi connectivity index (χ4n) is 4.53. The average Bonchev–Trinajstić information content (AvgIpc) is 3.51. The van der Waals surface area contributed by atoms with Crippen molar-refractivity contribution >= 4 is 22.4 Å². The molecule has 0 spiro atoms. The van der Waals surface area contributed by atoms with E-state index in [-0.39, 0.29) is 5.43 Å². The number of nitrogens with one attached hydrogen (secondary N) is 1. The van der Waals surface area contributed by atoms with Gasteiger partial charge in [-0.15, -0.1) is 10.2 Å². The van der Waals surface area contributed by atoms with Gasteiger partial charge in [0.25, 0.3) is 0 Å². The largest absolute Gasteiger partial charge is 0.380 e. The highest BCUT2D eigenvalue weighted by Gasteiger charge is 2.16. The number of anilines is 1. The smallest absolute Gasteiger partial charge is 0.191 e. The average molecular weight is 469 g/mol. The first-order chi connectivity index (χ1) is 17.2. The minimum atomic E-state index is -0.0155. The molecular formula is C25H24N8O2. The lowest BCUT2D eigenvalue weighted by atomic mass is 10.1. The van der Waals surface area contributed by atoms with Crippen molar-refractivity contribution in [1.82, 2.24) is 20.0 Å². The summed E-state index contributed by atoms with van der Waals surface area (Å²) in [5, 5.41) is 21.1. The minimum absolute atomic E-state index is 0.0155. The van der Waals surface area contributed by atoms with Gasteiger partial charge < -0.3 is 14.6 Å². The lowest BCUT2D eigenvalue weighted by Crippen LogP contribution is -2.28. The van der Waals surface area contributed by atoms with Crippen LogP contribution in [0.15, 0.2) is 75.0 Å². The molecule has 0 radical (unpaired) electrons. The number of fused-ring (bicyclic) bond motifs is 1. The molecule has 4 heterocycles. The topological polar surface area (TPSA) is 113 Å². The van der Waals surface area contributed by atoms with Crippen LogP contribution in [0.1, 0.15) is 17.5 Å². The molecule has 2 aromatic carbocycles. The lowest BCUT2D eigenvalue weighted by Gasteiger charge is -2.22. The van der Waals surface area contributed by atoms with Crippen LogP contribution in [0, 0.1) is 0 Å². The summed E-state index contributed by atoms with van der Waals surface area (Å²) in [6.07, 6.45) is 2.83. The first kappa shape index (κ1) is 21.4. The van der Waals surface area contributed by atoms with Crippen molar-refractivity contribution in [2.45, 2.75) is 13.0 Å². The standard InChI is InChI=1S/C25H24N8O2/c34-23-13-24(32-8-3-10-35-11-9-32)27-25-19(6-2-7-20(23)25)22-16-33(31-29-22)15-17-4-1-5-18(12-17)21-14-26-30-28-21/h1-2,4-7,12-13,16H,3,8-11,14-15H2,(H,27,34). The summed E-state index contributed by atoms with van der Waals surface area (Å²) in [7, 11) is 0. The van der Waals surface area contributed by atoms with E-state index < -0.39 is 0 Å². The molecule has 176 valence electrons. The van der Waals surface area contributed by atoms with E-state index in [9.17, 15) is 4.79 Å². The number of ether oxygens (including phenoxy) is 1. The number of aromatic amines is 1. The van der Waals surface area contributed by atoms with Crippen LogP contribution in [-0.2, 0) is 11.3 Å². The number of aromatic nitrogens is 4. The first-order valence-corrected chi connectivity index (χ1v) is 11.7. The van der Waals surface area contributed by atoms with Gasteiger partial charge in [-0.2, -0.15) is 5.11 Å². The molecule has 0 unspecified atom stereocenters. The molecule has 0 atom stereocenters. The van der Waals surface area contributed by atoms with Crippen molar-refractivity contribution in [3.05, 3.63) is 76.1 Å². The Morgan fingerprint density at radius 3 is 2.91 bits per heavy atom. The number of benzene rings is 2. The van der Waals surface area contributed by atoms with Crippen molar-refractivity contribution < 1.29 is 4.74 Å². The molecule has 2 aliphatic heterocycles. The van der Waals surface area contributed by atoms with Crippen LogP contribution < -0.4 is 10.3 Å². The maximum atomic E-state index is 13.0. The highest BCUT2D eigenvalue weighted by atomic mass is 16.5. The maximum Gasteiger partial charge on any atom is 0.191 e. The molecule has 6 rings (SSSR count). The summed E-state index contributed by atoms with van der Waals surface area (Å²) in [5.41, 5.74) is 5.24. The highest BCUT2D eigenvalue weighted by molar-refractivity contribution is 6.02. The zero-order chi connectivity index (χ0) is 23.6. The molecule has 0 aliphatic carbocycles. The summed E-state index contributed by atoms with van der Waals surface area (Å²) in [6.45, 7) is 4.03. The SMILES string of the molecule is O=c1cc(N2CCCOCC2)[nH]c2c(-c3cn(Cc4cccc(C5=NN=NC5)c4)nn3)cccc12. The number of hydrogen-bond acceptors (Lipinski definition) is 8. The zero-order valence-electron chi connectivity index (χ0n) is 19.1. The number of pyridine rings is 1. The number of nitrogens with zero attached hydrogens (tertiary/aromatic N) is 7. The van der Waals surface area contributed by atoms with Gasteiger partial charge in [-0.3, -0.25) is 4.79 Å². The Bertz CT molecular complexity index is 1490. The van der Waals surface area contributed by atoms with Crippen LogP contribution in [0.4, 0.5) is 5.82 Å². The van der Waals surface area contributed by atoms with Crippen LogP contribution in [0.25, 0.3) is 22.2 Å². The Hall–Kier alpha value is -4.18. The summed E-state index contributed by atoms with van der Waals surface area (Å²) in [5.74, 6) is 0.804. The van der Waals surface area contributed by atoms with E-state index in [2.05, 4.69) is 41.7 Å². The van der Waals surface area contributed by atoms with Gasteiger partial charge in [0.2, 0.25) is 0 Å². The molecule has 0 amide bonds. The molecule has 35 heavy (non-hydrogen) atoms. The second-order valence-corrected chi connectivity index (χ2v) is 8.64. The predicted octanol–water partition coefficient (Wildman–Crippen LogP) is 3.23. The molecule has 0 saturated carbocycles. The van der Waals surface area contributed by atoms with Crippen LogP contribution in [0.3, 0.4) is 0 Å². The van der Waals surface area contributed by atoms with E-state index in [0.717, 1.165) is 59.9 Å². The van der Waals surface area contributed by atoms with E-state index in [1.54, 1.807) is 10.7 Å². The summed E-state index contributed by atoms with van der Waals surface area (Å²) in [4.78, 5) is 18.6. The van der Waals surface area contributed by atoms with E-state index in [4.69, 9.17) is 4.74 Å². The van der Waals surface area contributed by atoms with Gasteiger partial charge in [0.15, 0.2) is 5.43 Å². The van der Waals surface area contributed by atoms with Gasteiger partial charge in [0, 0.05) is 42.3 Å². The van der Waals surface area contributed by atoms with Crippen molar-refractivity contribution in [1.29, 1.82) is 0 Å². The number of H-pyrrole nitrogens is 1. The molecule has 2 aromatic heterocycles. The second-order valence-electron chi connectivity index (χ2n) is 8.64. The van der Waals surface area contributed by atoms with E-state index in [1.807, 2.05) is 42.6 Å². The van der Waals surface area contributed by atoms with Gasteiger partial charge >= 0.3 is 0 Å². The van der Waals surface area contributed by atoms with Crippen LogP contribution >= 0.6 is 0 Å². The first-order valence-electron chi connectivity index (χ1n) is 11.7. The Kier molecular flexibility index (Phi) is 5.63. The van der Waals surface area contributed by atoms with Crippen LogP contribution in [-0.4, -0.2) is 58.5 Å². The normalized spacial score (nSPS) is 16.0. The van der Waals surface area contributed by atoms with Gasteiger partial charge in [0.1, 0.15) is 18.1 Å². The Balaban J connectivity index is 1.32. The molecule has 2 aliphatic rings. The van der Waals surface area contributed by atoms with Crippen LogP contribution in [0.5, 0.6) is 0 Å². The van der Waals surface area contributed by atoms with Crippen molar-refractivity contribution in [2.24, 2.45) is 15.4 Å². The third kappa shape index (κ3) is 4.35. The summed E-state index contributed by atoms with van der Waals surface area (Å²) >= 11 is 0. The Morgan fingerprint density at radius 1 is 1.06 bits per heavy atom. The fraction of sp³-hybridized carbons (Fsp3) is 0.280. The van der Waals surface area contributed by atoms with Gasteiger partial charge in [0.05, 0.1) is 30.6 Å². The van der Waals surface area contributed by atoms with Crippen molar-refractivity contribution in [2.75, 3.05) is 37.7 Å². The fourth-order valence-corrected chi connectivity index (χ4v) is 4.53. The molecule has 1 fully saturated rings. The Morgan fingerprint density at radius 2 is 2.00 bits per heavy atom. The summed E-state index contributed by atoms with van der Waals surface area (Å²) in [6, 6.07) is 15.5. The third-order valence-electron chi connectivity index (χ3n) is 6.28. The maximum absolute atomic E-state index is 13.0. The van der Waals surface area contributed by atoms with Gasteiger partial charge in [-0.25, -0.2) is 4.68 Å². The van der Waals surface area contributed by atoms with Crippen molar-refractivity contribution in [3.8, 4) is 11.3 Å². The van der Waals surface area contributed by atoms with Crippen LogP contribution in [0.2, 0.25) is 0 Å². The van der Waals surface area contributed by atoms with E-state index in [1.165, 1.54) is 0 Å². The number of hydrogen-bond donors (Lipinski definition) is 1. The number of para-hydroxylation sites is 1. The van der Waals surface area contributed by atoms with Crippen molar-refractivity contribution in [3.63, 3.8) is 0 Å².